The van der Waals surface area contributed by atoms with E-state index in [-0.39, 0.29) is 24.4 Å². The highest BCUT2D eigenvalue weighted by molar-refractivity contribution is 5.81. The van der Waals surface area contributed by atoms with Gasteiger partial charge in [0.25, 0.3) is 0 Å². The van der Waals surface area contributed by atoms with Crippen molar-refractivity contribution in [2.45, 2.75) is 46.2 Å². The molecule has 0 aliphatic carbocycles. The summed E-state index contributed by atoms with van der Waals surface area (Å²) in [5.41, 5.74) is 1.71. The molecule has 124 valence electrons. The first-order valence-corrected chi connectivity index (χ1v) is 8.02. The molecule has 0 saturated carbocycles. The first-order valence-electron chi connectivity index (χ1n) is 8.02. The fraction of sp³-hybridized carbons (Fsp3) is 0.471. The summed E-state index contributed by atoms with van der Waals surface area (Å²) in [6.07, 6.45) is 2.00. The lowest BCUT2D eigenvalue weighted by Gasteiger charge is -2.15. The SMILES string of the molecule is CCCCNC(=O)Cn1c(C(C)NC(C)=O)nc2ccccc21. The van der Waals surface area contributed by atoms with Crippen LogP contribution >= 0.6 is 0 Å². The van der Waals surface area contributed by atoms with E-state index in [9.17, 15) is 9.59 Å². The summed E-state index contributed by atoms with van der Waals surface area (Å²) >= 11 is 0. The molecule has 2 amide bonds. The molecular formula is C17H24N4O2. The van der Waals surface area contributed by atoms with Crippen molar-refractivity contribution >= 4 is 22.8 Å². The zero-order valence-corrected chi connectivity index (χ0v) is 13.9. The zero-order chi connectivity index (χ0) is 16.8. The van der Waals surface area contributed by atoms with Crippen molar-refractivity contribution in [2.75, 3.05) is 6.54 Å². The molecular weight excluding hydrogens is 292 g/mol. The Balaban J connectivity index is 2.27. The highest BCUT2D eigenvalue weighted by atomic mass is 16.2. The van der Waals surface area contributed by atoms with Gasteiger partial charge in [-0.1, -0.05) is 25.5 Å². The average Bonchev–Trinajstić information content (AvgIpc) is 2.86. The lowest BCUT2D eigenvalue weighted by Crippen LogP contribution is -2.31. The first kappa shape index (κ1) is 17.0. The number of amides is 2. The summed E-state index contributed by atoms with van der Waals surface area (Å²) < 4.78 is 1.87. The first-order chi connectivity index (χ1) is 11.0. The molecule has 2 rings (SSSR count). The second-order valence-electron chi connectivity index (χ2n) is 5.67. The Bertz CT molecular complexity index is 693. The topological polar surface area (TPSA) is 76.0 Å². The van der Waals surface area contributed by atoms with Crippen molar-refractivity contribution in [1.29, 1.82) is 0 Å². The Morgan fingerprint density at radius 3 is 2.74 bits per heavy atom. The largest absolute Gasteiger partial charge is 0.355 e. The maximum atomic E-state index is 12.2. The van der Waals surface area contributed by atoms with Crippen molar-refractivity contribution in [3.05, 3.63) is 30.1 Å². The molecule has 0 aliphatic heterocycles. The monoisotopic (exact) mass is 316 g/mol. The van der Waals surface area contributed by atoms with E-state index in [1.165, 1.54) is 6.92 Å². The van der Waals surface area contributed by atoms with Crippen molar-refractivity contribution in [1.82, 2.24) is 20.2 Å². The number of nitrogens with zero attached hydrogens (tertiary/aromatic N) is 2. The second-order valence-corrected chi connectivity index (χ2v) is 5.67. The molecule has 0 aliphatic rings. The lowest BCUT2D eigenvalue weighted by molar-refractivity contribution is -0.121. The smallest absolute Gasteiger partial charge is 0.240 e. The van der Waals surface area contributed by atoms with E-state index >= 15 is 0 Å². The third-order valence-electron chi connectivity index (χ3n) is 3.65. The molecule has 1 heterocycles. The number of rotatable bonds is 7. The van der Waals surface area contributed by atoms with Crippen molar-refractivity contribution < 1.29 is 9.59 Å². The molecule has 0 radical (unpaired) electrons. The van der Waals surface area contributed by atoms with Crippen LogP contribution in [0.3, 0.4) is 0 Å². The molecule has 0 fully saturated rings. The van der Waals surface area contributed by atoms with E-state index in [0.717, 1.165) is 23.9 Å². The lowest BCUT2D eigenvalue weighted by atomic mass is 10.3. The number of imidazole rings is 1. The number of carbonyl (C=O) groups is 2. The number of aromatic nitrogens is 2. The van der Waals surface area contributed by atoms with Gasteiger partial charge < -0.3 is 15.2 Å². The second kappa shape index (κ2) is 7.76. The fourth-order valence-corrected chi connectivity index (χ4v) is 2.56. The molecule has 0 saturated heterocycles. The molecule has 1 atom stereocenters. The molecule has 23 heavy (non-hydrogen) atoms. The maximum Gasteiger partial charge on any atom is 0.240 e. The Morgan fingerprint density at radius 2 is 2.04 bits per heavy atom. The third kappa shape index (κ3) is 4.31. The molecule has 2 N–H and O–H groups in total. The Labute approximate surface area is 136 Å². The van der Waals surface area contributed by atoms with Crippen LogP contribution in [-0.2, 0) is 16.1 Å². The van der Waals surface area contributed by atoms with E-state index in [4.69, 9.17) is 0 Å². The van der Waals surface area contributed by atoms with Crippen LogP contribution in [0.5, 0.6) is 0 Å². The molecule has 6 heteroatoms. The molecule has 0 spiro atoms. The third-order valence-corrected chi connectivity index (χ3v) is 3.65. The summed E-state index contributed by atoms with van der Waals surface area (Å²) in [6.45, 7) is 6.31. The van der Waals surface area contributed by atoms with Crippen LogP contribution in [0.4, 0.5) is 0 Å². The van der Waals surface area contributed by atoms with E-state index in [1.54, 1.807) is 0 Å². The normalized spacial score (nSPS) is 12.1. The number of benzene rings is 1. The van der Waals surface area contributed by atoms with Gasteiger partial charge in [-0.3, -0.25) is 9.59 Å². The summed E-state index contributed by atoms with van der Waals surface area (Å²) in [4.78, 5) is 28.1. The van der Waals surface area contributed by atoms with Gasteiger partial charge in [0, 0.05) is 13.5 Å². The van der Waals surface area contributed by atoms with E-state index in [2.05, 4.69) is 22.5 Å². The summed E-state index contributed by atoms with van der Waals surface area (Å²) in [7, 11) is 0. The minimum atomic E-state index is -0.261. The van der Waals surface area contributed by atoms with Gasteiger partial charge in [-0.05, 0) is 25.5 Å². The Kier molecular flexibility index (Phi) is 5.73. The zero-order valence-electron chi connectivity index (χ0n) is 13.9. The van der Waals surface area contributed by atoms with E-state index in [1.807, 2.05) is 35.8 Å². The number of fused-ring (bicyclic) bond motifs is 1. The standard InChI is InChI=1S/C17H24N4O2/c1-4-5-10-18-16(23)11-21-15-9-7-6-8-14(15)20-17(21)12(2)19-13(3)22/h6-9,12H,4-5,10-11H2,1-3H3,(H,18,23)(H,19,22). The van der Waals surface area contributed by atoms with Crippen LogP contribution < -0.4 is 10.6 Å². The van der Waals surface area contributed by atoms with Crippen molar-refractivity contribution in [3.63, 3.8) is 0 Å². The molecule has 1 unspecified atom stereocenters. The molecule has 1 aromatic heterocycles. The number of hydrogen-bond acceptors (Lipinski definition) is 3. The van der Waals surface area contributed by atoms with Gasteiger partial charge in [0.05, 0.1) is 17.1 Å². The average molecular weight is 316 g/mol. The van der Waals surface area contributed by atoms with Gasteiger partial charge in [0.15, 0.2) is 0 Å². The van der Waals surface area contributed by atoms with Crippen LogP contribution in [0, 0.1) is 0 Å². The number of nitrogens with one attached hydrogen (secondary N) is 2. The number of para-hydroxylation sites is 2. The fourth-order valence-electron chi connectivity index (χ4n) is 2.56. The molecule has 2 aromatic rings. The van der Waals surface area contributed by atoms with Crippen LogP contribution in [0.15, 0.2) is 24.3 Å². The minimum absolute atomic E-state index is 0.0436. The van der Waals surface area contributed by atoms with Crippen LogP contribution in [0.1, 0.15) is 45.5 Å². The van der Waals surface area contributed by atoms with Crippen LogP contribution in [-0.4, -0.2) is 27.9 Å². The van der Waals surface area contributed by atoms with Gasteiger partial charge in [-0.2, -0.15) is 0 Å². The minimum Gasteiger partial charge on any atom is -0.355 e. The number of carbonyl (C=O) groups excluding carboxylic acids is 2. The molecule has 1 aromatic carbocycles. The van der Waals surface area contributed by atoms with E-state index < -0.39 is 0 Å². The predicted molar refractivity (Wildman–Crippen MR) is 89.9 cm³/mol. The maximum absolute atomic E-state index is 12.2. The molecule has 6 nitrogen and oxygen atoms in total. The van der Waals surface area contributed by atoms with Gasteiger partial charge in [-0.25, -0.2) is 4.98 Å². The van der Waals surface area contributed by atoms with Crippen molar-refractivity contribution in [3.8, 4) is 0 Å². The predicted octanol–water partition coefficient (Wildman–Crippen LogP) is 2.15. The Hall–Kier alpha value is -2.37. The quantitative estimate of drug-likeness (QED) is 0.769. The van der Waals surface area contributed by atoms with E-state index in [0.29, 0.717) is 12.4 Å². The van der Waals surface area contributed by atoms with Crippen LogP contribution in [0.2, 0.25) is 0 Å². The summed E-state index contributed by atoms with van der Waals surface area (Å²) in [6, 6.07) is 7.41. The summed E-state index contributed by atoms with van der Waals surface area (Å²) in [5.74, 6) is 0.522. The van der Waals surface area contributed by atoms with Gasteiger partial charge in [-0.15, -0.1) is 0 Å². The highest BCUT2D eigenvalue weighted by Crippen LogP contribution is 2.20. The highest BCUT2D eigenvalue weighted by Gasteiger charge is 2.18. The summed E-state index contributed by atoms with van der Waals surface area (Å²) in [5, 5.41) is 5.75. The van der Waals surface area contributed by atoms with Gasteiger partial charge >= 0.3 is 0 Å². The number of hydrogen-bond donors (Lipinski definition) is 2. The van der Waals surface area contributed by atoms with Crippen LogP contribution in [0.25, 0.3) is 11.0 Å². The Morgan fingerprint density at radius 1 is 1.30 bits per heavy atom. The van der Waals surface area contributed by atoms with Crippen molar-refractivity contribution in [2.24, 2.45) is 0 Å². The van der Waals surface area contributed by atoms with Gasteiger partial charge in [0.2, 0.25) is 11.8 Å². The molecule has 0 bridgehead atoms. The van der Waals surface area contributed by atoms with Gasteiger partial charge in [0.1, 0.15) is 12.4 Å². The number of unbranched alkanes of at least 4 members (excludes halogenated alkanes) is 1.